The smallest absolute Gasteiger partial charge is 0.346 e. The average Bonchev–Trinajstić information content (AvgIpc) is 2.83. The van der Waals surface area contributed by atoms with Gasteiger partial charge in [-0.25, -0.2) is 9.59 Å². The summed E-state index contributed by atoms with van der Waals surface area (Å²) >= 11 is 0. The fraction of sp³-hybridized carbons (Fsp3) is 0.133. The number of aliphatic hydroxyl groups is 1. The van der Waals surface area contributed by atoms with E-state index in [1.807, 2.05) is 0 Å². The number of methoxy groups -OCH3 is 1. The number of hydrogen-bond donors (Lipinski definition) is 1. The third-order valence-electron chi connectivity index (χ3n) is 2.84. The molecule has 6 nitrogen and oxygen atoms in total. The van der Waals surface area contributed by atoms with Crippen LogP contribution in [0.25, 0.3) is 6.08 Å². The molecule has 21 heavy (non-hydrogen) atoms. The summed E-state index contributed by atoms with van der Waals surface area (Å²) in [6.07, 6.45) is 2.73. The fourth-order valence-corrected chi connectivity index (χ4v) is 1.74. The van der Waals surface area contributed by atoms with E-state index in [0.29, 0.717) is 11.1 Å². The van der Waals surface area contributed by atoms with Gasteiger partial charge in [0.1, 0.15) is 11.3 Å². The van der Waals surface area contributed by atoms with Crippen molar-refractivity contribution in [3.63, 3.8) is 0 Å². The predicted octanol–water partition coefficient (Wildman–Crippen LogP) is 1.42. The number of allylic oxidation sites excluding steroid dienone is 1. The quantitative estimate of drug-likeness (QED) is 0.391. The number of ketones is 1. The van der Waals surface area contributed by atoms with Gasteiger partial charge >= 0.3 is 11.9 Å². The largest absolute Gasteiger partial charge is 0.507 e. The topological polar surface area (TPSA) is 89.9 Å². The molecule has 0 radical (unpaired) electrons. The Hall–Kier alpha value is -2.89. The van der Waals surface area contributed by atoms with Gasteiger partial charge in [-0.15, -0.1) is 0 Å². The van der Waals surface area contributed by atoms with Crippen LogP contribution in [0.3, 0.4) is 0 Å². The lowest BCUT2D eigenvalue weighted by molar-refractivity contribution is -0.135. The maximum absolute atomic E-state index is 11.3. The number of cyclic esters (lactones) is 1. The van der Waals surface area contributed by atoms with Gasteiger partial charge in [-0.2, -0.15) is 0 Å². The minimum Gasteiger partial charge on any atom is -0.507 e. The van der Waals surface area contributed by atoms with Gasteiger partial charge in [0.25, 0.3) is 0 Å². The first-order chi connectivity index (χ1) is 10.0. The standard InChI is InChI=1S/C15H12O6/c1-20-14(18)10-5-2-9(3-6-10)4-7-11(16)13-12(17)8-21-15(13)19/h2-7,16H,8H2,1H3/b7-4+,13-11+. The lowest BCUT2D eigenvalue weighted by Crippen LogP contribution is -2.04. The highest BCUT2D eigenvalue weighted by molar-refractivity contribution is 6.22. The third kappa shape index (κ3) is 3.17. The molecule has 6 heteroatoms. The molecule has 1 aromatic rings. The number of carbonyl (C=O) groups is 3. The molecule has 1 N–H and O–H groups in total. The molecular formula is C15H12O6. The summed E-state index contributed by atoms with van der Waals surface area (Å²) in [7, 11) is 1.29. The summed E-state index contributed by atoms with van der Waals surface area (Å²) in [5.41, 5.74) is 0.720. The first kappa shape index (κ1) is 14.5. The third-order valence-corrected chi connectivity index (χ3v) is 2.84. The van der Waals surface area contributed by atoms with E-state index in [0.717, 1.165) is 0 Å². The van der Waals surface area contributed by atoms with Crippen molar-refractivity contribution in [1.29, 1.82) is 0 Å². The minimum absolute atomic E-state index is 0.347. The van der Waals surface area contributed by atoms with Crippen molar-refractivity contribution in [3.05, 3.63) is 52.8 Å². The van der Waals surface area contributed by atoms with Crippen molar-refractivity contribution in [3.8, 4) is 0 Å². The highest BCUT2D eigenvalue weighted by Crippen LogP contribution is 2.15. The molecule has 1 saturated heterocycles. The molecule has 2 rings (SSSR count). The van der Waals surface area contributed by atoms with Crippen molar-refractivity contribution in [1.82, 2.24) is 0 Å². The molecule has 0 spiro atoms. The second-order valence-corrected chi connectivity index (χ2v) is 4.21. The van der Waals surface area contributed by atoms with Crippen LogP contribution < -0.4 is 0 Å². The van der Waals surface area contributed by atoms with Crippen molar-refractivity contribution >= 4 is 23.8 Å². The normalized spacial score (nSPS) is 17.0. The van der Waals surface area contributed by atoms with Crippen LogP contribution in [0.15, 0.2) is 41.7 Å². The minimum atomic E-state index is -0.830. The highest BCUT2D eigenvalue weighted by atomic mass is 16.5. The average molecular weight is 288 g/mol. The van der Waals surface area contributed by atoms with Gasteiger partial charge in [-0.1, -0.05) is 18.2 Å². The molecule has 1 aromatic carbocycles. The van der Waals surface area contributed by atoms with E-state index in [-0.39, 0.29) is 12.2 Å². The zero-order valence-corrected chi connectivity index (χ0v) is 11.2. The molecule has 0 aromatic heterocycles. The Morgan fingerprint density at radius 2 is 1.95 bits per heavy atom. The van der Waals surface area contributed by atoms with E-state index in [1.165, 1.54) is 19.3 Å². The maximum atomic E-state index is 11.3. The Labute approximate surface area is 120 Å². The second kappa shape index (κ2) is 6.04. The Kier molecular flexibility index (Phi) is 4.18. The van der Waals surface area contributed by atoms with E-state index in [1.54, 1.807) is 24.3 Å². The van der Waals surface area contributed by atoms with Crippen molar-refractivity contribution in [2.75, 3.05) is 13.7 Å². The van der Waals surface area contributed by atoms with E-state index in [9.17, 15) is 19.5 Å². The Morgan fingerprint density at radius 3 is 2.48 bits per heavy atom. The summed E-state index contributed by atoms with van der Waals surface area (Å²) < 4.78 is 9.09. The molecular weight excluding hydrogens is 276 g/mol. The van der Waals surface area contributed by atoms with Gasteiger partial charge in [-0.3, -0.25) is 4.79 Å². The predicted molar refractivity (Wildman–Crippen MR) is 72.4 cm³/mol. The van der Waals surface area contributed by atoms with Crippen LogP contribution in [-0.4, -0.2) is 36.5 Å². The number of hydrogen-bond acceptors (Lipinski definition) is 6. The number of carbonyl (C=O) groups excluding carboxylic acids is 3. The zero-order valence-electron chi connectivity index (χ0n) is 11.2. The molecule has 0 bridgehead atoms. The molecule has 0 aliphatic carbocycles. The van der Waals surface area contributed by atoms with E-state index in [2.05, 4.69) is 9.47 Å². The monoisotopic (exact) mass is 288 g/mol. The first-order valence-electron chi connectivity index (χ1n) is 6.03. The number of benzene rings is 1. The summed E-state index contributed by atoms with van der Waals surface area (Å²) in [5, 5.41) is 9.73. The van der Waals surface area contributed by atoms with Crippen LogP contribution in [-0.2, 0) is 19.1 Å². The van der Waals surface area contributed by atoms with Crippen LogP contribution in [0.5, 0.6) is 0 Å². The fourth-order valence-electron chi connectivity index (χ4n) is 1.74. The molecule has 0 atom stereocenters. The summed E-state index contributed by atoms with van der Waals surface area (Å²) in [6, 6.07) is 6.39. The van der Waals surface area contributed by atoms with Gasteiger partial charge in [0, 0.05) is 0 Å². The Morgan fingerprint density at radius 1 is 1.29 bits per heavy atom. The van der Waals surface area contributed by atoms with Gasteiger partial charge < -0.3 is 14.6 Å². The van der Waals surface area contributed by atoms with E-state index < -0.39 is 23.5 Å². The van der Waals surface area contributed by atoms with E-state index in [4.69, 9.17) is 0 Å². The van der Waals surface area contributed by atoms with Crippen molar-refractivity contribution in [2.45, 2.75) is 0 Å². The van der Waals surface area contributed by atoms with Gasteiger partial charge in [0.05, 0.1) is 12.7 Å². The van der Waals surface area contributed by atoms with Crippen LogP contribution in [0.1, 0.15) is 15.9 Å². The van der Waals surface area contributed by atoms with Crippen LogP contribution in [0, 0.1) is 0 Å². The molecule has 1 heterocycles. The molecule has 0 unspecified atom stereocenters. The highest BCUT2D eigenvalue weighted by Gasteiger charge is 2.31. The number of Topliss-reactive ketones (excluding diaryl/α,β-unsaturated/α-hetero) is 1. The van der Waals surface area contributed by atoms with Crippen molar-refractivity contribution in [2.24, 2.45) is 0 Å². The number of esters is 2. The summed E-state index contributed by atoms with van der Waals surface area (Å²) in [5.74, 6) is -2.28. The van der Waals surface area contributed by atoms with Crippen molar-refractivity contribution < 1.29 is 29.0 Å². The van der Waals surface area contributed by atoms with E-state index >= 15 is 0 Å². The lowest BCUT2D eigenvalue weighted by Gasteiger charge is -1.99. The molecule has 0 amide bonds. The number of ether oxygens (including phenoxy) is 2. The molecule has 1 fully saturated rings. The van der Waals surface area contributed by atoms with Gasteiger partial charge in [0.2, 0.25) is 5.78 Å². The SMILES string of the molecule is COC(=O)c1ccc(/C=C/C(O)=C2/C(=O)COC2=O)cc1. The maximum Gasteiger partial charge on any atom is 0.346 e. The van der Waals surface area contributed by atoms with Crippen LogP contribution in [0.2, 0.25) is 0 Å². The number of rotatable bonds is 3. The Balaban J connectivity index is 2.18. The van der Waals surface area contributed by atoms with Crippen LogP contribution >= 0.6 is 0 Å². The second-order valence-electron chi connectivity index (χ2n) is 4.21. The lowest BCUT2D eigenvalue weighted by atomic mass is 10.1. The molecule has 1 aliphatic rings. The van der Waals surface area contributed by atoms with Crippen LogP contribution in [0.4, 0.5) is 0 Å². The molecule has 108 valence electrons. The molecule has 1 aliphatic heterocycles. The Bertz CT molecular complexity index is 633. The summed E-state index contributed by atoms with van der Waals surface area (Å²) in [4.78, 5) is 33.8. The first-order valence-corrected chi connectivity index (χ1v) is 6.03. The van der Waals surface area contributed by atoms with Gasteiger partial charge in [-0.05, 0) is 23.8 Å². The molecule has 0 saturated carbocycles. The number of aliphatic hydroxyl groups excluding tert-OH is 1. The summed E-state index contributed by atoms with van der Waals surface area (Å²) in [6.45, 7) is -0.347. The van der Waals surface area contributed by atoms with Gasteiger partial charge in [0.15, 0.2) is 6.61 Å². The zero-order chi connectivity index (χ0) is 15.4.